The molecule has 1 amide bonds. The van der Waals surface area contributed by atoms with Gasteiger partial charge in [-0.05, 0) is 24.8 Å². The van der Waals surface area contributed by atoms with Crippen LogP contribution in [0.15, 0.2) is 48.8 Å². The summed E-state index contributed by atoms with van der Waals surface area (Å²) < 4.78 is 0. The van der Waals surface area contributed by atoms with Gasteiger partial charge in [-0.3, -0.25) is 9.69 Å². The maximum Gasteiger partial charge on any atom is 0.274 e. The van der Waals surface area contributed by atoms with E-state index in [9.17, 15) is 4.79 Å². The van der Waals surface area contributed by atoms with Crippen molar-refractivity contribution in [3.63, 3.8) is 0 Å². The molecule has 0 aliphatic carbocycles. The minimum atomic E-state index is -0.0119. The number of anilines is 1. The Morgan fingerprint density at radius 3 is 2.34 bits per heavy atom. The second-order valence-electron chi connectivity index (χ2n) is 7.71. The fourth-order valence-corrected chi connectivity index (χ4v) is 3.92. The van der Waals surface area contributed by atoms with Crippen LogP contribution in [0.1, 0.15) is 35.3 Å². The van der Waals surface area contributed by atoms with Gasteiger partial charge in [0.15, 0.2) is 0 Å². The molecule has 3 heterocycles. The quantitative estimate of drug-likeness (QED) is 0.784. The van der Waals surface area contributed by atoms with Crippen LogP contribution in [0, 0.1) is 0 Å². The first-order chi connectivity index (χ1) is 14.3. The summed E-state index contributed by atoms with van der Waals surface area (Å²) in [7, 11) is 0. The van der Waals surface area contributed by atoms with E-state index in [-0.39, 0.29) is 5.91 Å². The first-order valence-electron chi connectivity index (χ1n) is 10.6. The molecular formula is C23H29N5O. The number of piperazine rings is 1. The smallest absolute Gasteiger partial charge is 0.274 e. The molecule has 0 radical (unpaired) electrons. The number of benzene rings is 1. The fraction of sp³-hybridized carbons (Fsp3) is 0.435. The average Bonchev–Trinajstić information content (AvgIpc) is 2.80. The molecular weight excluding hydrogens is 362 g/mol. The molecule has 2 fully saturated rings. The fourth-order valence-electron chi connectivity index (χ4n) is 3.92. The van der Waals surface area contributed by atoms with Gasteiger partial charge in [0.25, 0.3) is 5.91 Å². The Hall–Kier alpha value is -2.73. The number of hydrogen-bond donors (Lipinski definition) is 0. The normalized spacial score (nSPS) is 18.3. The third kappa shape index (κ3) is 5.21. The van der Waals surface area contributed by atoms with Crippen LogP contribution < -0.4 is 4.90 Å². The lowest BCUT2D eigenvalue weighted by molar-refractivity contribution is 0.0644. The third-order valence-electron chi connectivity index (χ3n) is 5.67. The summed E-state index contributed by atoms with van der Waals surface area (Å²) in [5.41, 5.74) is 1.66. The van der Waals surface area contributed by atoms with Crippen molar-refractivity contribution in [2.24, 2.45) is 0 Å². The molecule has 0 bridgehead atoms. The van der Waals surface area contributed by atoms with Gasteiger partial charge in [-0.25, -0.2) is 9.97 Å². The van der Waals surface area contributed by atoms with Crippen LogP contribution in [0.3, 0.4) is 0 Å². The van der Waals surface area contributed by atoms with Crippen LogP contribution in [0.25, 0.3) is 6.08 Å². The molecule has 0 N–H and O–H groups in total. The van der Waals surface area contributed by atoms with E-state index in [1.165, 1.54) is 24.8 Å². The van der Waals surface area contributed by atoms with Crippen molar-refractivity contribution in [2.75, 3.05) is 50.7 Å². The lowest BCUT2D eigenvalue weighted by Crippen LogP contribution is -2.48. The van der Waals surface area contributed by atoms with Crippen molar-refractivity contribution in [1.82, 2.24) is 19.8 Å². The zero-order chi connectivity index (χ0) is 19.9. The number of carbonyl (C=O) groups excluding carboxylic acids is 1. The van der Waals surface area contributed by atoms with Gasteiger partial charge in [-0.2, -0.15) is 0 Å². The maximum absolute atomic E-state index is 12.8. The monoisotopic (exact) mass is 391 g/mol. The van der Waals surface area contributed by atoms with Gasteiger partial charge in [0.1, 0.15) is 11.5 Å². The van der Waals surface area contributed by atoms with E-state index >= 15 is 0 Å². The van der Waals surface area contributed by atoms with E-state index in [4.69, 9.17) is 0 Å². The standard InChI is InChI=1S/C23H29N5O/c29-23(21-18-25-22(19-24-21)27-12-5-2-6-13-27)28-16-14-26(15-17-28)11-7-10-20-8-3-1-4-9-20/h1,3-4,7-10,18-19H,2,5-6,11-17H2/b10-7+. The van der Waals surface area contributed by atoms with E-state index < -0.39 is 0 Å². The highest BCUT2D eigenvalue weighted by Crippen LogP contribution is 2.17. The lowest BCUT2D eigenvalue weighted by Gasteiger charge is -2.34. The predicted octanol–water partition coefficient (Wildman–Crippen LogP) is 2.94. The van der Waals surface area contributed by atoms with Gasteiger partial charge in [0, 0.05) is 45.8 Å². The Kier molecular flexibility index (Phi) is 6.52. The summed E-state index contributed by atoms with van der Waals surface area (Å²) in [6, 6.07) is 10.3. The molecule has 2 aliphatic heterocycles. The average molecular weight is 392 g/mol. The van der Waals surface area contributed by atoms with E-state index in [0.717, 1.165) is 51.6 Å². The van der Waals surface area contributed by atoms with Crippen LogP contribution in [0.5, 0.6) is 0 Å². The highest BCUT2D eigenvalue weighted by Gasteiger charge is 2.23. The molecule has 0 spiro atoms. The van der Waals surface area contributed by atoms with Crippen LogP contribution in [0.2, 0.25) is 0 Å². The number of carbonyl (C=O) groups is 1. The Labute approximate surface area is 172 Å². The molecule has 4 rings (SSSR count). The summed E-state index contributed by atoms with van der Waals surface area (Å²) in [6.07, 6.45) is 11.4. The van der Waals surface area contributed by atoms with Crippen molar-refractivity contribution in [3.8, 4) is 0 Å². The van der Waals surface area contributed by atoms with Crippen LogP contribution >= 0.6 is 0 Å². The Morgan fingerprint density at radius 2 is 1.66 bits per heavy atom. The first-order valence-corrected chi connectivity index (χ1v) is 10.6. The van der Waals surface area contributed by atoms with Crippen molar-refractivity contribution >= 4 is 17.8 Å². The van der Waals surface area contributed by atoms with Crippen LogP contribution in [-0.2, 0) is 0 Å². The van der Waals surface area contributed by atoms with Gasteiger partial charge in [0.2, 0.25) is 0 Å². The highest BCUT2D eigenvalue weighted by atomic mass is 16.2. The van der Waals surface area contributed by atoms with E-state index in [2.05, 4.69) is 44.1 Å². The lowest BCUT2D eigenvalue weighted by atomic mass is 10.1. The molecule has 6 nitrogen and oxygen atoms in total. The molecule has 1 aromatic carbocycles. The second-order valence-corrected chi connectivity index (χ2v) is 7.71. The molecule has 6 heteroatoms. The number of amides is 1. The predicted molar refractivity (Wildman–Crippen MR) is 116 cm³/mol. The van der Waals surface area contributed by atoms with Gasteiger partial charge >= 0.3 is 0 Å². The van der Waals surface area contributed by atoms with Gasteiger partial charge in [-0.15, -0.1) is 0 Å². The number of hydrogen-bond acceptors (Lipinski definition) is 5. The molecule has 1 aromatic heterocycles. The summed E-state index contributed by atoms with van der Waals surface area (Å²) in [5.74, 6) is 0.874. The van der Waals surface area contributed by atoms with Crippen LogP contribution in [-0.4, -0.2) is 71.5 Å². The topological polar surface area (TPSA) is 52.6 Å². The zero-order valence-electron chi connectivity index (χ0n) is 16.9. The first kappa shape index (κ1) is 19.6. The Morgan fingerprint density at radius 1 is 0.897 bits per heavy atom. The van der Waals surface area contributed by atoms with E-state index in [1.807, 2.05) is 23.1 Å². The van der Waals surface area contributed by atoms with E-state index in [1.54, 1.807) is 12.4 Å². The molecule has 29 heavy (non-hydrogen) atoms. The summed E-state index contributed by atoms with van der Waals surface area (Å²) in [6.45, 7) is 6.18. The van der Waals surface area contributed by atoms with Crippen LogP contribution in [0.4, 0.5) is 5.82 Å². The molecule has 2 saturated heterocycles. The molecule has 2 aromatic rings. The Balaban J connectivity index is 1.26. The van der Waals surface area contributed by atoms with E-state index in [0.29, 0.717) is 5.69 Å². The highest BCUT2D eigenvalue weighted by molar-refractivity contribution is 5.92. The Bertz CT molecular complexity index is 807. The zero-order valence-corrected chi connectivity index (χ0v) is 16.9. The second kappa shape index (κ2) is 9.65. The van der Waals surface area contributed by atoms with Gasteiger partial charge in [-0.1, -0.05) is 42.5 Å². The summed E-state index contributed by atoms with van der Waals surface area (Å²) in [4.78, 5) is 28.2. The number of rotatable bonds is 5. The van der Waals surface area contributed by atoms with Crippen molar-refractivity contribution in [1.29, 1.82) is 0 Å². The van der Waals surface area contributed by atoms with Crippen molar-refractivity contribution < 1.29 is 4.79 Å². The molecule has 0 saturated carbocycles. The number of piperidine rings is 1. The van der Waals surface area contributed by atoms with Gasteiger partial charge < -0.3 is 9.80 Å². The molecule has 0 unspecified atom stereocenters. The van der Waals surface area contributed by atoms with Crippen molar-refractivity contribution in [2.45, 2.75) is 19.3 Å². The van der Waals surface area contributed by atoms with Gasteiger partial charge in [0.05, 0.1) is 12.4 Å². The minimum Gasteiger partial charge on any atom is -0.355 e. The number of aromatic nitrogens is 2. The maximum atomic E-state index is 12.8. The largest absolute Gasteiger partial charge is 0.355 e. The SMILES string of the molecule is O=C(c1cnc(N2CCCCC2)cn1)N1CCN(C/C=C/c2ccccc2)CC1. The third-order valence-corrected chi connectivity index (χ3v) is 5.67. The van der Waals surface area contributed by atoms with Crippen molar-refractivity contribution in [3.05, 3.63) is 60.1 Å². The summed E-state index contributed by atoms with van der Waals surface area (Å²) >= 11 is 0. The molecule has 0 atom stereocenters. The number of nitrogens with zero attached hydrogens (tertiary/aromatic N) is 5. The molecule has 152 valence electrons. The molecule has 2 aliphatic rings. The summed E-state index contributed by atoms with van der Waals surface area (Å²) in [5, 5.41) is 0. The minimum absolute atomic E-state index is 0.0119.